The van der Waals surface area contributed by atoms with E-state index < -0.39 is 5.91 Å². The highest BCUT2D eigenvalue weighted by Crippen LogP contribution is 2.12. The Morgan fingerprint density at radius 2 is 1.50 bits per heavy atom. The summed E-state index contributed by atoms with van der Waals surface area (Å²) in [5.74, 6) is 4.99. The van der Waals surface area contributed by atoms with Crippen molar-refractivity contribution in [1.29, 1.82) is 0 Å². The quantitative estimate of drug-likeness (QED) is 0.289. The van der Waals surface area contributed by atoms with Crippen molar-refractivity contribution in [3.63, 3.8) is 0 Å². The Morgan fingerprint density at radius 1 is 0.958 bits per heavy atom. The van der Waals surface area contributed by atoms with Crippen LogP contribution in [0.4, 0.5) is 5.69 Å². The molecular weight excluding hydrogens is 328 g/mol. The predicted molar refractivity (Wildman–Crippen MR) is 94.8 cm³/mol. The molecule has 5 N–H and O–H groups in total. The first kappa shape index (κ1) is 17.4. The van der Waals surface area contributed by atoms with Crippen LogP contribution in [0.1, 0.15) is 20.7 Å². The number of amides is 2. The number of carbonyl (C=O) groups is 2. The van der Waals surface area contributed by atoms with Crippen molar-refractivity contribution in [1.82, 2.24) is 10.7 Å². The van der Waals surface area contributed by atoms with E-state index >= 15 is 0 Å². The second-order valence-electron chi connectivity index (χ2n) is 4.69. The first-order valence-electron chi connectivity index (χ1n) is 6.91. The molecule has 0 radical (unpaired) electrons. The van der Waals surface area contributed by atoms with Crippen LogP contribution in [-0.4, -0.2) is 24.0 Å². The smallest absolute Gasteiger partial charge is 0.265 e. The zero-order valence-corrected chi connectivity index (χ0v) is 13.6. The fourth-order valence-corrected chi connectivity index (χ4v) is 2.08. The second-order valence-corrected chi connectivity index (χ2v) is 5.10. The molecule has 0 atom stereocenters. The molecule has 0 saturated heterocycles. The number of benzene rings is 2. The fourth-order valence-electron chi connectivity index (χ4n) is 1.87. The van der Waals surface area contributed by atoms with Gasteiger partial charge in [-0.15, -0.1) is 0 Å². The van der Waals surface area contributed by atoms with Crippen LogP contribution in [-0.2, 0) is 0 Å². The number of hydrogen-bond acceptors (Lipinski definition) is 5. The van der Waals surface area contributed by atoms with Crippen LogP contribution in [0.3, 0.4) is 0 Å². The molecule has 0 bridgehead atoms. The van der Waals surface area contributed by atoms with Crippen molar-refractivity contribution < 1.29 is 14.3 Å². The van der Waals surface area contributed by atoms with Gasteiger partial charge in [0.25, 0.3) is 11.8 Å². The SMILES string of the molecule is COc1ccc(C(=O)NC(=S)Nc2ccc(C(=O)NN)cc2)cc1. The number of hydrazine groups is 1. The number of ether oxygens (including phenoxy) is 1. The lowest BCUT2D eigenvalue weighted by molar-refractivity contribution is 0.0951. The summed E-state index contributed by atoms with van der Waals surface area (Å²) in [7, 11) is 1.55. The molecule has 24 heavy (non-hydrogen) atoms. The summed E-state index contributed by atoms with van der Waals surface area (Å²) in [4.78, 5) is 23.4. The Labute approximate surface area is 144 Å². The number of nitrogens with two attached hydrogens (primary N) is 1. The summed E-state index contributed by atoms with van der Waals surface area (Å²) in [6.45, 7) is 0. The van der Waals surface area contributed by atoms with Gasteiger partial charge < -0.3 is 10.1 Å². The third-order valence-electron chi connectivity index (χ3n) is 3.12. The number of methoxy groups -OCH3 is 1. The molecule has 0 aliphatic carbocycles. The maximum Gasteiger partial charge on any atom is 0.265 e. The number of nitrogen functional groups attached to an aromatic ring is 1. The molecule has 0 aromatic heterocycles. The molecule has 7 nitrogen and oxygen atoms in total. The van der Waals surface area contributed by atoms with E-state index in [2.05, 4.69) is 10.6 Å². The Bertz CT molecular complexity index is 745. The fraction of sp³-hybridized carbons (Fsp3) is 0.0625. The van der Waals surface area contributed by atoms with Gasteiger partial charge in [0, 0.05) is 16.8 Å². The third-order valence-corrected chi connectivity index (χ3v) is 3.32. The zero-order chi connectivity index (χ0) is 17.5. The molecule has 8 heteroatoms. The molecule has 0 fully saturated rings. The van der Waals surface area contributed by atoms with Gasteiger partial charge in [-0.05, 0) is 60.7 Å². The van der Waals surface area contributed by atoms with Crippen molar-refractivity contribution in [3.8, 4) is 5.75 Å². The van der Waals surface area contributed by atoms with E-state index in [1.165, 1.54) is 0 Å². The highest BCUT2D eigenvalue weighted by atomic mass is 32.1. The van der Waals surface area contributed by atoms with Crippen LogP contribution in [0.15, 0.2) is 48.5 Å². The molecule has 0 heterocycles. The molecule has 0 saturated carbocycles. The highest BCUT2D eigenvalue weighted by Gasteiger charge is 2.09. The number of hydrogen-bond donors (Lipinski definition) is 4. The van der Waals surface area contributed by atoms with Gasteiger partial charge >= 0.3 is 0 Å². The first-order chi connectivity index (χ1) is 11.5. The normalized spacial score (nSPS) is 9.75. The summed E-state index contributed by atoms with van der Waals surface area (Å²) in [6.07, 6.45) is 0. The topological polar surface area (TPSA) is 105 Å². The van der Waals surface area contributed by atoms with Crippen LogP contribution in [0.2, 0.25) is 0 Å². The number of thiocarbonyl (C=S) groups is 1. The van der Waals surface area contributed by atoms with Gasteiger partial charge in [0.1, 0.15) is 5.75 Å². The maximum atomic E-state index is 12.1. The summed E-state index contributed by atoms with van der Waals surface area (Å²) in [6, 6.07) is 13.1. The molecule has 0 aliphatic heterocycles. The van der Waals surface area contributed by atoms with Gasteiger partial charge in [0.15, 0.2) is 5.11 Å². The Balaban J connectivity index is 1.94. The van der Waals surface area contributed by atoms with E-state index in [0.717, 1.165) is 0 Å². The molecule has 2 aromatic carbocycles. The molecule has 124 valence electrons. The van der Waals surface area contributed by atoms with Gasteiger partial charge in [-0.3, -0.25) is 20.3 Å². The van der Waals surface area contributed by atoms with Crippen molar-refractivity contribution in [2.24, 2.45) is 5.84 Å². The van der Waals surface area contributed by atoms with E-state index in [1.54, 1.807) is 55.6 Å². The average Bonchev–Trinajstić information content (AvgIpc) is 2.61. The predicted octanol–water partition coefficient (Wildman–Crippen LogP) is 1.43. The van der Waals surface area contributed by atoms with E-state index in [9.17, 15) is 9.59 Å². The summed E-state index contributed by atoms with van der Waals surface area (Å²) >= 11 is 5.10. The van der Waals surface area contributed by atoms with Crippen molar-refractivity contribution in [3.05, 3.63) is 59.7 Å². The van der Waals surface area contributed by atoms with Crippen LogP contribution in [0, 0.1) is 0 Å². The second kappa shape index (κ2) is 8.04. The van der Waals surface area contributed by atoms with Gasteiger partial charge in [-0.25, -0.2) is 5.84 Å². The van der Waals surface area contributed by atoms with Gasteiger partial charge in [-0.1, -0.05) is 0 Å². The molecule has 0 aliphatic rings. The van der Waals surface area contributed by atoms with E-state index in [-0.39, 0.29) is 11.0 Å². The number of anilines is 1. The third kappa shape index (κ3) is 4.51. The van der Waals surface area contributed by atoms with E-state index in [4.69, 9.17) is 22.8 Å². The van der Waals surface area contributed by atoms with E-state index in [1.807, 2.05) is 5.43 Å². The first-order valence-corrected chi connectivity index (χ1v) is 7.31. The highest BCUT2D eigenvalue weighted by molar-refractivity contribution is 7.80. The number of nitrogens with one attached hydrogen (secondary N) is 3. The standard InChI is InChI=1S/C16H16N4O3S/c1-23-13-8-4-10(5-9-13)14(21)19-16(24)18-12-6-2-11(3-7-12)15(22)20-17/h2-9H,17H2,1H3,(H,20,22)(H2,18,19,21,24). The zero-order valence-electron chi connectivity index (χ0n) is 12.8. The lowest BCUT2D eigenvalue weighted by Crippen LogP contribution is -2.34. The van der Waals surface area contributed by atoms with Crippen LogP contribution < -0.4 is 26.6 Å². The largest absolute Gasteiger partial charge is 0.497 e. The molecule has 2 rings (SSSR count). The van der Waals surface area contributed by atoms with Crippen molar-refractivity contribution in [2.45, 2.75) is 0 Å². The lowest BCUT2D eigenvalue weighted by Gasteiger charge is -2.10. The maximum absolute atomic E-state index is 12.1. The molecular formula is C16H16N4O3S. The van der Waals surface area contributed by atoms with Gasteiger partial charge in [0.05, 0.1) is 7.11 Å². The molecule has 0 unspecified atom stereocenters. The van der Waals surface area contributed by atoms with Crippen LogP contribution >= 0.6 is 12.2 Å². The minimum atomic E-state index is -0.392. The monoisotopic (exact) mass is 344 g/mol. The molecule has 2 amide bonds. The molecule has 2 aromatic rings. The number of rotatable bonds is 4. The Morgan fingerprint density at radius 3 is 2.04 bits per heavy atom. The van der Waals surface area contributed by atoms with Crippen LogP contribution in [0.25, 0.3) is 0 Å². The minimum Gasteiger partial charge on any atom is -0.497 e. The van der Waals surface area contributed by atoms with Gasteiger partial charge in [-0.2, -0.15) is 0 Å². The van der Waals surface area contributed by atoms with Crippen molar-refractivity contribution >= 4 is 34.8 Å². The minimum absolute atomic E-state index is 0.145. The van der Waals surface area contributed by atoms with Crippen LogP contribution in [0.5, 0.6) is 5.75 Å². The summed E-state index contributed by atoms with van der Waals surface area (Å²) < 4.78 is 5.04. The summed E-state index contributed by atoms with van der Waals surface area (Å²) in [5, 5.41) is 5.58. The Hall–Kier alpha value is -2.97. The van der Waals surface area contributed by atoms with E-state index in [0.29, 0.717) is 22.6 Å². The van der Waals surface area contributed by atoms with Crippen molar-refractivity contribution in [2.75, 3.05) is 12.4 Å². The average molecular weight is 344 g/mol. The lowest BCUT2D eigenvalue weighted by atomic mass is 10.2. The Kier molecular flexibility index (Phi) is 5.83. The molecule has 0 spiro atoms. The summed E-state index contributed by atoms with van der Waals surface area (Å²) in [5.41, 5.74) is 3.54. The van der Waals surface area contributed by atoms with Gasteiger partial charge in [0.2, 0.25) is 0 Å². The number of carbonyl (C=O) groups excluding carboxylic acids is 2.